The van der Waals surface area contributed by atoms with Gasteiger partial charge in [0.2, 0.25) is 0 Å². The summed E-state index contributed by atoms with van der Waals surface area (Å²) in [4.78, 5) is 0. The van der Waals surface area contributed by atoms with Gasteiger partial charge < -0.3 is 4.74 Å². The van der Waals surface area contributed by atoms with E-state index < -0.39 is 6.61 Å². The van der Waals surface area contributed by atoms with E-state index in [0.717, 1.165) is 17.8 Å². The van der Waals surface area contributed by atoms with Crippen molar-refractivity contribution in [1.29, 1.82) is 0 Å². The predicted molar refractivity (Wildman–Crippen MR) is 93.5 cm³/mol. The lowest BCUT2D eigenvalue weighted by atomic mass is 9.68. The second-order valence-electron chi connectivity index (χ2n) is 7.75. The Morgan fingerprint density at radius 3 is 1.92 bits per heavy atom. The van der Waals surface area contributed by atoms with Gasteiger partial charge >= 0.3 is 6.61 Å². The Balaban J connectivity index is 1.48. The molecule has 3 heteroatoms. The quantitative estimate of drug-likeness (QED) is 0.576. The molecule has 0 radical (unpaired) electrons. The highest BCUT2D eigenvalue weighted by molar-refractivity contribution is 5.29. The number of alkyl halides is 2. The van der Waals surface area contributed by atoms with Gasteiger partial charge in [0.25, 0.3) is 0 Å². The molecule has 1 nitrogen and oxygen atoms in total. The third-order valence-corrected chi connectivity index (χ3v) is 6.48. The Labute approximate surface area is 144 Å². The standard InChI is InChI=1S/C21H30F2O/c1-2-15-3-5-16(6-4-15)17-7-9-18(10-8-17)19-11-13-20(14-12-19)24-21(22)23/h11-18,21H,2-10H2,1H3/t15-,16-,17-,18-. The monoisotopic (exact) mass is 336 g/mol. The summed E-state index contributed by atoms with van der Waals surface area (Å²) < 4.78 is 28.9. The van der Waals surface area contributed by atoms with Crippen molar-refractivity contribution in [2.75, 3.05) is 0 Å². The Bertz CT molecular complexity index is 483. The summed E-state index contributed by atoms with van der Waals surface area (Å²) in [6.07, 6.45) is 12.3. The summed E-state index contributed by atoms with van der Waals surface area (Å²) in [6.45, 7) is -0.414. The van der Waals surface area contributed by atoms with Crippen LogP contribution in [-0.4, -0.2) is 6.61 Å². The average molecular weight is 336 g/mol. The topological polar surface area (TPSA) is 9.23 Å². The van der Waals surface area contributed by atoms with Crippen LogP contribution >= 0.6 is 0 Å². The number of halogens is 2. The molecular formula is C21H30F2O. The van der Waals surface area contributed by atoms with Gasteiger partial charge in [0.15, 0.2) is 0 Å². The summed E-state index contributed by atoms with van der Waals surface area (Å²) in [5.74, 6) is 3.70. The molecule has 0 bridgehead atoms. The van der Waals surface area contributed by atoms with E-state index in [-0.39, 0.29) is 5.75 Å². The van der Waals surface area contributed by atoms with Gasteiger partial charge in [-0.25, -0.2) is 0 Å². The van der Waals surface area contributed by atoms with Crippen molar-refractivity contribution in [3.05, 3.63) is 29.8 Å². The summed E-state index contributed by atoms with van der Waals surface area (Å²) in [6, 6.07) is 7.30. The molecular weight excluding hydrogens is 306 g/mol. The van der Waals surface area contributed by atoms with E-state index in [9.17, 15) is 8.78 Å². The zero-order valence-electron chi connectivity index (χ0n) is 14.7. The van der Waals surface area contributed by atoms with Crippen LogP contribution < -0.4 is 4.74 Å². The number of benzene rings is 1. The molecule has 0 heterocycles. The first-order valence-corrected chi connectivity index (χ1v) is 9.70. The van der Waals surface area contributed by atoms with E-state index in [0.29, 0.717) is 5.92 Å². The summed E-state index contributed by atoms with van der Waals surface area (Å²) >= 11 is 0. The maximum Gasteiger partial charge on any atom is 0.387 e. The fourth-order valence-corrected chi connectivity index (χ4v) is 4.91. The van der Waals surface area contributed by atoms with E-state index in [1.165, 1.54) is 63.4 Å². The number of rotatable bonds is 5. The molecule has 0 unspecified atom stereocenters. The number of hydrogen-bond acceptors (Lipinski definition) is 1. The maximum absolute atomic E-state index is 12.2. The van der Waals surface area contributed by atoms with Crippen molar-refractivity contribution in [3.8, 4) is 5.75 Å². The van der Waals surface area contributed by atoms with E-state index >= 15 is 0 Å². The molecule has 0 atom stereocenters. The molecule has 0 aromatic heterocycles. The molecule has 0 amide bonds. The molecule has 2 fully saturated rings. The first-order valence-electron chi connectivity index (χ1n) is 9.70. The lowest BCUT2D eigenvalue weighted by Crippen LogP contribution is -2.25. The van der Waals surface area contributed by atoms with Crippen molar-refractivity contribution in [2.45, 2.75) is 77.2 Å². The van der Waals surface area contributed by atoms with Crippen molar-refractivity contribution in [2.24, 2.45) is 17.8 Å². The number of ether oxygens (including phenoxy) is 1. The predicted octanol–water partition coefficient (Wildman–Crippen LogP) is 6.78. The second kappa shape index (κ2) is 8.31. The van der Waals surface area contributed by atoms with Crippen molar-refractivity contribution >= 4 is 0 Å². The Kier molecular flexibility index (Phi) is 6.13. The zero-order valence-corrected chi connectivity index (χ0v) is 14.7. The Hall–Kier alpha value is -1.12. The molecule has 2 aliphatic rings. The van der Waals surface area contributed by atoms with Crippen LogP contribution in [-0.2, 0) is 0 Å². The largest absolute Gasteiger partial charge is 0.435 e. The van der Waals surface area contributed by atoms with Gasteiger partial charge in [0.1, 0.15) is 5.75 Å². The van der Waals surface area contributed by atoms with Crippen LogP contribution in [0.1, 0.15) is 76.2 Å². The van der Waals surface area contributed by atoms with Gasteiger partial charge in [-0.3, -0.25) is 0 Å². The highest BCUT2D eigenvalue weighted by Crippen LogP contribution is 2.44. The smallest absolute Gasteiger partial charge is 0.387 e. The highest BCUT2D eigenvalue weighted by Gasteiger charge is 2.30. The molecule has 24 heavy (non-hydrogen) atoms. The van der Waals surface area contributed by atoms with Gasteiger partial charge in [-0.1, -0.05) is 38.3 Å². The Morgan fingerprint density at radius 1 is 0.875 bits per heavy atom. The minimum Gasteiger partial charge on any atom is -0.435 e. The van der Waals surface area contributed by atoms with E-state index in [4.69, 9.17) is 0 Å². The molecule has 2 saturated carbocycles. The minimum absolute atomic E-state index is 0.259. The van der Waals surface area contributed by atoms with Crippen molar-refractivity contribution < 1.29 is 13.5 Å². The molecule has 1 aromatic carbocycles. The summed E-state index contributed by atoms with van der Waals surface area (Å²) in [7, 11) is 0. The molecule has 0 N–H and O–H groups in total. The fraction of sp³-hybridized carbons (Fsp3) is 0.714. The van der Waals surface area contributed by atoms with Crippen LogP contribution in [0.25, 0.3) is 0 Å². The minimum atomic E-state index is -2.74. The molecule has 1 aromatic rings. The van der Waals surface area contributed by atoms with Gasteiger partial charge in [-0.05, 0) is 79.9 Å². The molecule has 0 spiro atoms. The number of hydrogen-bond donors (Lipinski definition) is 0. The highest BCUT2D eigenvalue weighted by atomic mass is 19.3. The summed E-state index contributed by atoms with van der Waals surface area (Å²) in [5, 5.41) is 0. The van der Waals surface area contributed by atoms with Gasteiger partial charge in [0.05, 0.1) is 0 Å². The molecule has 134 valence electrons. The van der Waals surface area contributed by atoms with Gasteiger partial charge in [-0.2, -0.15) is 8.78 Å². The fourth-order valence-electron chi connectivity index (χ4n) is 4.91. The van der Waals surface area contributed by atoms with Crippen LogP contribution in [0.3, 0.4) is 0 Å². The van der Waals surface area contributed by atoms with E-state index in [1.54, 1.807) is 12.1 Å². The second-order valence-corrected chi connectivity index (χ2v) is 7.75. The zero-order chi connectivity index (χ0) is 16.9. The van der Waals surface area contributed by atoms with Crippen molar-refractivity contribution in [3.63, 3.8) is 0 Å². The molecule has 3 rings (SSSR count). The maximum atomic E-state index is 12.2. The van der Waals surface area contributed by atoms with Crippen LogP contribution in [0.5, 0.6) is 5.75 Å². The lowest BCUT2D eigenvalue weighted by Gasteiger charge is -2.38. The van der Waals surface area contributed by atoms with E-state index in [2.05, 4.69) is 11.7 Å². The molecule has 0 aliphatic heterocycles. The lowest BCUT2D eigenvalue weighted by molar-refractivity contribution is -0.0498. The SMILES string of the molecule is CC[C@H]1CC[C@H]([C@H]2CC[C@H](c3ccc(OC(F)F)cc3)CC2)CC1. The third-order valence-electron chi connectivity index (χ3n) is 6.48. The van der Waals surface area contributed by atoms with Gasteiger partial charge in [-0.15, -0.1) is 0 Å². The van der Waals surface area contributed by atoms with Crippen molar-refractivity contribution in [1.82, 2.24) is 0 Å². The molecule has 0 saturated heterocycles. The molecule has 2 aliphatic carbocycles. The van der Waals surface area contributed by atoms with E-state index in [1.807, 2.05) is 12.1 Å². The van der Waals surface area contributed by atoms with Crippen LogP contribution in [0, 0.1) is 17.8 Å². The van der Waals surface area contributed by atoms with Crippen LogP contribution in [0.4, 0.5) is 8.78 Å². The summed E-state index contributed by atoms with van der Waals surface area (Å²) in [5.41, 5.74) is 1.28. The Morgan fingerprint density at radius 2 is 1.42 bits per heavy atom. The van der Waals surface area contributed by atoms with Crippen LogP contribution in [0.2, 0.25) is 0 Å². The first-order chi connectivity index (χ1) is 11.7. The third kappa shape index (κ3) is 4.49. The average Bonchev–Trinajstić information content (AvgIpc) is 2.62. The van der Waals surface area contributed by atoms with Gasteiger partial charge in [0, 0.05) is 0 Å². The van der Waals surface area contributed by atoms with Crippen LogP contribution in [0.15, 0.2) is 24.3 Å². The normalized spacial score (nSPS) is 31.2. The first kappa shape index (κ1) is 17.7.